The van der Waals surface area contributed by atoms with E-state index in [2.05, 4.69) is 10.2 Å². The summed E-state index contributed by atoms with van der Waals surface area (Å²) in [4.78, 5) is 12.9. The Balaban J connectivity index is 2.13. The van der Waals surface area contributed by atoms with Crippen molar-refractivity contribution < 1.29 is 9.90 Å². The van der Waals surface area contributed by atoms with Crippen LogP contribution in [0.3, 0.4) is 0 Å². The lowest BCUT2D eigenvalue weighted by Gasteiger charge is -2.14. The molecule has 2 N–H and O–H groups in total. The fraction of sp³-hybridized carbons (Fsp3) is 0.889. The fourth-order valence-corrected chi connectivity index (χ4v) is 1.71. The molecule has 1 amide bonds. The maximum absolute atomic E-state index is 10.6. The van der Waals surface area contributed by atoms with E-state index < -0.39 is 0 Å². The van der Waals surface area contributed by atoms with E-state index in [1.807, 2.05) is 0 Å². The van der Waals surface area contributed by atoms with Crippen LogP contribution in [0.2, 0.25) is 0 Å². The van der Waals surface area contributed by atoms with Crippen molar-refractivity contribution in [1.82, 2.24) is 10.2 Å². The molecule has 0 spiro atoms. The van der Waals surface area contributed by atoms with Gasteiger partial charge >= 0.3 is 0 Å². The number of likely N-dealkylation sites (tertiary alicyclic amines) is 1. The fourth-order valence-electron chi connectivity index (χ4n) is 1.71. The highest BCUT2D eigenvalue weighted by atomic mass is 16.3. The molecule has 0 aliphatic carbocycles. The maximum atomic E-state index is 10.6. The van der Waals surface area contributed by atoms with E-state index in [-0.39, 0.29) is 12.5 Å². The Labute approximate surface area is 78.9 Å². The Morgan fingerprint density at radius 3 is 3.08 bits per heavy atom. The lowest BCUT2D eigenvalue weighted by molar-refractivity contribution is -0.119. The van der Waals surface area contributed by atoms with Crippen molar-refractivity contribution in [3.05, 3.63) is 0 Å². The van der Waals surface area contributed by atoms with Crippen molar-refractivity contribution >= 4 is 5.91 Å². The second-order valence-corrected chi connectivity index (χ2v) is 3.62. The predicted octanol–water partition coefficient (Wildman–Crippen LogP) is -0.563. The van der Waals surface area contributed by atoms with Gasteiger partial charge in [0.05, 0.1) is 6.61 Å². The van der Waals surface area contributed by atoms with E-state index in [0.29, 0.717) is 5.92 Å². The minimum Gasteiger partial charge on any atom is -0.395 e. The third-order valence-corrected chi connectivity index (χ3v) is 2.43. The average molecular weight is 186 g/mol. The van der Waals surface area contributed by atoms with Crippen molar-refractivity contribution in [2.45, 2.75) is 13.3 Å². The molecule has 1 aliphatic heterocycles. The van der Waals surface area contributed by atoms with Crippen LogP contribution in [0.4, 0.5) is 0 Å². The van der Waals surface area contributed by atoms with Crippen LogP contribution in [-0.2, 0) is 4.79 Å². The van der Waals surface area contributed by atoms with Gasteiger partial charge in [0.15, 0.2) is 0 Å². The molecular weight excluding hydrogens is 168 g/mol. The highest BCUT2D eigenvalue weighted by molar-refractivity contribution is 5.72. The summed E-state index contributed by atoms with van der Waals surface area (Å²) in [6.07, 6.45) is 1.13. The number of rotatable bonds is 4. The van der Waals surface area contributed by atoms with Gasteiger partial charge in [0.25, 0.3) is 0 Å². The van der Waals surface area contributed by atoms with Gasteiger partial charge < -0.3 is 15.3 Å². The zero-order valence-corrected chi connectivity index (χ0v) is 8.12. The van der Waals surface area contributed by atoms with Gasteiger partial charge in [0, 0.05) is 26.6 Å². The van der Waals surface area contributed by atoms with E-state index in [1.165, 1.54) is 0 Å². The Morgan fingerprint density at radius 2 is 2.46 bits per heavy atom. The lowest BCUT2D eigenvalue weighted by Crippen LogP contribution is -2.30. The molecular formula is C9H18N2O2. The number of carbonyl (C=O) groups is 1. The number of carbonyl (C=O) groups excluding carboxylic acids is 1. The molecule has 0 aromatic heterocycles. The van der Waals surface area contributed by atoms with E-state index in [9.17, 15) is 4.79 Å². The Morgan fingerprint density at radius 1 is 1.69 bits per heavy atom. The molecule has 13 heavy (non-hydrogen) atoms. The maximum Gasteiger partial charge on any atom is 0.216 e. The van der Waals surface area contributed by atoms with Crippen LogP contribution in [0, 0.1) is 5.92 Å². The molecule has 76 valence electrons. The Kier molecular flexibility index (Phi) is 4.18. The van der Waals surface area contributed by atoms with Crippen LogP contribution in [0.15, 0.2) is 0 Å². The molecule has 0 saturated carbocycles. The van der Waals surface area contributed by atoms with E-state index >= 15 is 0 Å². The topological polar surface area (TPSA) is 52.6 Å². The summed E-state index contributed by atoms with van der Waals surface area (Å²) in [6.45, 7) is 5.35. The summed E-state index contributed by atoms with van der Waals surface area (Å²) in [7, 11) is 0. The van der Waals surface area contributed by atoms with Gasteiger partial charge in [-0.1, -0.05) is 0 Å². The smallest absolute Gasteiger partial charge is 0.216 e. The van der Waals surface area contributed by atoms with E-state index in [4.69, 9.17) is 5.11 Å². The normalized spacial score (nSPS) is 23.4. The molecule has 0 aromatic rings. The highest BCUT2D eigenvalue weighted by Crippen LogP contribution is 2.14. The second-order valence-electron chi connectivity index (χ2n) is 3.62. The molecule has 4 nitrogen and oxygen atoms in total. The van der Waals surface area contributed by atoms with E-state index in [1.54, 1.807) is 6.92 Å². The largest absolute Gasteiger partial charge is 0.395 e. The van der Waals surface area contributed by atoms with Crippen molar-refractivity contribution in [1.29, 1.82) is 0 Å². The minimum absolute atomic E-state index is 0.0422. The minimum atomic E-state index is 0.0422. The molecule has 1 saturated heterocycles. The summed E-state index contributed by atoms with van der Waals surface area (Å²) in [5.41, 5.74) is 0. The van der Waals surface area contributed by atoms with Gasteiger partial charge in [-0.05, 0) is 18.9 Å². The first-order chi connectivity index (χ1) is 6.22. The summed E-state index contributed by atoms with van der Waals surface area (Å²) in [5, 5.41) is 11.5. The molecule has 1 heterocycles. The van der Waals surface area contributed by atoms with Crippen LogP contribution in [0.25, 0.3) is 0 Å². The highest BCUT2D eigenvalue weighted by Gasteiger charge is 2.21. The molecule has 1 rings (SSSR count). The third-order valence-electron chi connectivity index (χ3n) is 2.43. The zero-order chi connectivity index (χ0) is 9.68. The second kappa shape index (κ2) is 5.19. The molecule has 4 heteroatoms. The molecule has 0 unspecified atom stereocenters. The quantitative estimate of drug-likeness (QED) is 0.618. The molecule has 0 bridgehead atoms. The third kappa shape index (κ3) is 3.74. The van der Waals surface area contributed by atoms with Gasteiger partial charge in [-0.3, -0.25) is 4.79 Å². The molecule has 1 aliphatic rings. The van der Waals surface area contributed by atoms with Crippen LogP contribution in [0.1, 0.15) is 13.3 Å². The number of amides is 1. The van der Waals surface area contributed by atoms with Gasteiger partial charge in [0.2, 0.25) is 5.91 Å². The molecule has 0 aromatic carbocycles. The van der Waals surface area contributed by atoms with E-state index in [0.717, 1.165) is 32.6 Å². The monoisotopic (exact) mass is 186 g/mol. The summed E-state index contributed by atoms with van der Waals surface area (Å²) in [5.74, 6) is 0.607. The Hall–Kier alpha value is -0.610. The van der Waals surface area contributed by atoms with Crippen molar-refractivity contribution in [2.24, 2.45) is 5.92 Å². The van der Waals surface area contributed by atoms with Gasteiger partial charge in [0.1, 0.15) is 0 Å². The van der Waals surface area contributed by atoms with Crippen molar-refractivity contribution in [3.8, 4) is 0 Å². The van der Waals surface area contributed by atoms with Crippen LogP contribution >= 0.6 is 0 Å². The van der Waals surface area contributed by atoms with Crippen LogP contribution in [-0.4, -0.2) is 48.7 Å². The Bertz CT molecular complexity index is 173. The van der Waals surface area contributed by atoms with Crippen molar-refractivity contribution in [3.63, 3.8) is 0 Å². The number of β-amino-alcohol motifs (C(OH)–C–C–N with tert-alkyl or cyclic N) is 1. The van der Waals surface area contributed by atoms with Gasteiger partial charge in [-0.25, -0.2) is 0 Å². The molecule has 1 fully saturated rings. The number of nitrogens with one attached hydrogen (secondary N) is 1. The number of aliphatic hydroxyl groups excluding tert-OH is 1. The average Bonchev–Trinajstić information content (AvgIpc) is 2.50. The summed E-state index contributed by atoms with van der Waals surface area (Å²) in [6, 6.07) is 0. The summed E-state index contributed by atoms with van der Waals surface area (Å²) < 4.78 is 0. The molecule has 1 atom stereocenters. The lowest BCUT2D eigenvalue weighted by atomic mass is 10.1. The first kappa shape index (κ1) is 10.5. The first-order valence-electron chi connectivity index (χ1n) is 4.80. The SMILES string of the molecule is CC(=O)NC[C@H]1CCN(CCO)C1. The van der Waals surface area contributed by atoms with Gasteiger partial charge in [-0.2, -0.15) is 0 Å². The molecule has 0 radical (unpaired) electrons. The first-order valence-corrected chi connectivity index (χ1v) is 4.80. The van der Waals surface area contributed by atoms with Gasteiger partial charge in [-0.15, -0.1) is 0 Å². The number of aliphatic hydroxyl groups is 1. The summed E-state index contributed by atoms with van der Waals surface area (Å²) >= 11 is 0. The number of hydrogen-bond acceptors (Lipinski definition) is 3. The van der Waals surface area contributed by atoms with Crippen LogP contribution in [0.5, 0.6) is 0 Å². The van der Waals surface area contributed by atoms with Crippen molar-refractivity contribution in [2.75, 3.05) is 32.8 Å². The van der Waals surface area contributed by atoms with Crippen LogP contribution < -0.4 is 5.32 Å². The number of nitrogens with zero attached hydrogens (tertiary/aromatic N) is 1. The zero-order valence-electron chi connectivity index (χ0n) is 8.12. The number of hydrogen-bond donors (Lipinski definition) is 2. The predicted molar refractivity (Wildman–Crippen MR) is 50.3 cm³/mol. The standard InChI is InChI=1S/C9H18N2O2/c1-8(13)10-6-9-2-3-11(7-9)4-5-12/h9,12H,2-7H2,1H3,(H,10,13)/t9-/m1/s1.